The molecule has 0 fully saturated rings. The molecule has 35 heavy (non-hydrogen) atoms. The molecule has 2 aliphatic rings. The van der Waals surface area contributed by atoms with Gasteiger partial charge in [-0.15, -0.1) is 0 Å². The van der Waals surface area contributed by atoms with E-state index in [-0.39, 0.29) is 12.3 Å². The number of hydrogen-bond acceptors (Lipinski definition) is 5. The van der Waals surface area contributed by atoms with Gasteiger partial charge in [0.15, 0.2) is 5.76 Å². The summed E-state index contributed by atoms with van der Waals surface area (Å²) >= 11 is 0. The number of rotatable bonds is 3. The largest absolute Gasteiger partial charge is 0.464 e. The van der Waals surface area contributed by atoms with E-state index in [1.54, 1.807) is 0 Å². The van der Waals surface area contributed by atoms with Crippen LogP contribution >= 0.6 is 0 Å². The molecule has 5 heteroatoms. The van der Waals surface area contributed by atoms with Crippen molar-refractivity contribution >= 4 is 16.6 Å². The highest BCUT2D eigenvalue weighted by Crippen LogP contribution is 2.48. The van der Waals surface area contributed by atoms with Crippen LogP contribution in [0, 0.1) is 6.92 Å². The predicted molar refractivity (Wildman–Crippen MR) is 136 cm³/mol. The number of benzene rings is 4. The lowest BCUT2D eigenvalue weighted by atomic mass is 9.95. The maximum absolute atomic E-state index is 6.57. The fourth-order valence-corrected chi connectivity index (χ4v) is 5.09. The topological polar surface area (TPSA) is 50.9 Å². The van der Waals surface area contributed by atoms with Crippen LogP contribution in [-0.2, 0) is 0 Å². The molecule has 0 radical (unpaired) electrons. The Kier molecular flexibility index (Phi) is 4.49. The Morgan fingerprint density at radius 3 is 2.49 bits per heavy atom. The van der Waals surface area contributed by atoms with Crippen LogP contribution in [0.2, 0.25) is 0 Å². The molecule has 0 aliphatic carbocycles. The Hall–Kier alpha value is -4.38. The Morgan fingerprint density at radius 1 is 0.829 bits per heavy atom. The molecule has 0 saturated carbocycles. The molecule has 0 unspecified atom stereocenters. The van der Waals surface area contributed by atoms with Crippen molar-refractivity contribution in [3.8, 4) is 17.1 Å². The van der Waals surface area contributed by atoms with Crippen LogP contribution in [-0.4, -0.2) is 15.9 Å². The molecular formula is C30H23N3O2. The quantitative estimate of drug-likeness (QED) is 0.291. The van der Waals surface area contributed by atoms with Gasteiger partial charge in [0.25, 0.3) is 0 Å². The SMILES string of the molecule is Cc1ccc(C2=NN3[C@H](C2)c2ccccc2O[C@@H]3c2ccc3noc(-c4ccccc4)c3c2)cc1. The number of aromatic nitrogens is 1. The maximum atomic E-state index is 6.57. The average Bonchev–Trinajstić information content (AvgIpc) is 3.54. The molecule has 4 aromatic carbocycles. The molecule has 2 aliphatic heterocycles. The van der Waals surface area contributed by atoms with Gasteiger partial charge in [0.05, 0.1) is 17.1 Å². The highest BCUT2D eigenvalue weighted by Gasteiger charge is 2.41. The van der Waals surface area contributed by atoms with Gasteiger partial charge in [-0.25, -0.2) is 5.01 Å². The van der Waals surface area contributed by atoms with Crippen molar-refractivity contribution in [2.24, 2.45) is 5.10 Å². The molecule has 3 heterocycles. The average molecular weight is 458 g/mol. The van der Waals surface area contributed by atoms with Gasteiger partial charge in [0, 0.05) is 23.1 Å². The zero-order chi connectivity index (χ0) is 23.4. The van der Waals surface area contributed by atoms with Crippen molar-refractivity contribution in [3.05, 3.63) is 119 Å². The first-order valence-electron chi connectivity index (χ1n) is 11.9. The van der Waals surface area contributed by atoms with Crippen LogP contribution in [0.5, 0.6) is 5.75 Å². The fourth-order valence-electron chi connectivity index (χ4n) is 5.09. The third kappa shape index (κ3) is 3.31. The molecule has 5 nitrogen and oxygen atoms in total. The lowest BCUT2D eigenvalue weighted by Gasteiger charge is -2.38. The minimum Gasteiger partial charge on any atom is -0.464 e. The maximum Gasteiger partial charge on any atom is 0.213 e. The van der Waals surface area contributed by atoms with Gasteiger partial charge in [0.2, 0.25) is 6.23 Å². The third-order valence-electron chi connectivity index (χ3n) is 6.91. The van der Waals surface area contributed by atoms with Gasteiger partial charge in [0.1, 0.15) is 11.3 Å². The van der Waals surface area contributed by atoms with E-state index < -0.39 is 0 Å². The Balaban J connectivity index is 1.34. The Bertz CT molecular complexity index is 1570. The van der Waals surface area contributed by atoms with E-state index in [2.05, 4.69) is 71.7 Å². The predicted octanol–water partition coefficient (Wildman–Crippen LogP) is 7.05. The van der Waals surface area contributed by atoms with Gasteiger partial charge >= 0.3 is 0 Å². The second-order valence-electron chi connectivity index (χ2n) is 9.17. The smallest absolute Gasteiger partial charge is 0.213 e. The minimum atomic E-state index is -0.347. The van der Waals surface area contributed by atoms with Crippen molar-refractivity contribution in [2.75, 3.05) is 0 Å². The van der Waals surface area contributed by atoms with E-state index >= 15 is 0 Å². The summed E-state index contributed by atoms with van der Waals surface area (Å²) in [5.74, 6) is 1.67. The monoisotopic (exact) mass is 457 g/mol. The number of hydrazone groups is 1. The highest BCUT2D eigenvalue weighted by atomic mass is 16.5. The first-order valence-corrected chi connectivity index (χ1v) is 11.9. The van der Waals surface area contributed by atoms with E-state index in [0.717, 1.165) is 51.2 Å². The van der Waals surface area contributed by atoms with Crippen molar-refractivity contribution in [1.29, 1.82) is 0 Å². The molecule has 0 spiro atoms. The Labute approximate surface area is 203 Å². The fraction of sp³-hybridized carbons (Fsp3) is 0.133. The van der Waals surface area contributed by atoms with Crippen molar-refractivity contribution < 1.29 is 9.26 Å². The van der Waals surface area contributed by atoms with Crippen LogP contribution in [0.4, 0.5) is 0 Å². The van der Waals surface area contributed by atoms with Crippen molar-refractivity contribution in [3.63, 3.8) is 0 Å². The number of nitrogens with zero attached hydrogens (tertiary/aromatic N) is 3. The lowest BCUT2D eigenvalue weighted by molar-refractivity contribution is -0.0189. The van der Waals surface area contributed by atoms with Gasteiger partial charge in [-0.05, 0) is 30.7 Å². The lowest BCUT2D eigenvalue weighted by Crippen LogP contribution is -2.33. The van der Waals surface area contributed by atoms with E-state index in [0.29, 0.717) is 0 Å². The summed E-state index contributed by atoms with van der Waals surface area (Å²) in [6, 6.07) is 33.3. The number of fused-ring (bicyclic) bond motifs is 4. The van der Waals surface area contributed by atoms with E-state index in [1.165, 1.54) is 11.1 Å². The second kappa shape index (κ2) is 7.84. The van der Waals surface area contributed by atoms with E-state index in [1.807, 2.05) is 42.5 Å². The van der Waals surface area contributed by atoms with Gasteiger partial charge < -0.3 is 9.26 Å². The summed E-state index contributed by atoms with van der Waals surface area (Å²) in [7, 11) is 0. The normalized spacial score (nSPS) is 18.7. The van der Waals surface area contributed by atoms with Crippen LogP contribution < -0.4 is 4.74 Å². The molecule has 0 N–H and O–H groups in total. The summed E-state index contributed by atoms with van der Waals surface area (Å²) in [5.41, 5.74) is 7.50. The number of aryl methyl sites for hydroxylation is 1. The number of ether oxygens (including phenoxy) is 1. The molecule has 1 aromatic heterocycles. The van der Waals surface area contributed by atoms with Crippen LogP contribution in [0.3, 0.4) is 0 Å². The van der Waals surface area contributed by atoms with Gasteiger partial charge in [-0.3, -0.25) is 0 Å². The Morgan fingerprint density at radius 2 is 1.63 bits per heavy atom. The standard InChI is InChI=1S/C30H23N3O2/c1-19-11-13-20(14-12-19)26-18-27-23-9-5-6-10-28(23)34-30(33(27)31-26)22-15-16-25-24(17-22)29(35-32-25)21-7-3-2-4-8-21/h2-17,27,30H,18H2,1H3/t27-,30-/m1/s1. The van der Waals surface area contributed by atoms with Crippen LogP contribution in [0.15, 0.2) is 107 Å². The first kappa shape index (κ1) is 20.0. The molecule has 0 saturated heterocycles. The van der Waals surface area contributed by atoms with Gasteiger partial charge in [-0.1, -0.05) is 89.6 Å². The zero-order valence-electron chi connectivity index (χ0n) is 19.3. The molecule has 5 aromatic rings. The molecule has 7 rings (SSSR count). The van der Waals surface area contributed by atoms with Crippen LogP contribution in [0.1, 0.15) is 40.9 Å². The molecular weight excluding hydrogens is 434 g/mol. The summed E-state index contributed by atoms with van der Waals surface area (Å²) in [4.78, 5) is 0. The molecule has 170 valence electrons. The minimum absolute atomic E-state index is 0.119. The van der Waals surface area contributed by atoms with Gasteiger partial charge in [-0.2, -0.15) is 5.10 Å². The molecule has 0 bridgehead atoms. The molecule has 2 atom stereocenters. The third-order valence-corrected chi connectivity index (χ3v) is 6.91. The second-order valence-corrected chi connectivity index (χ2v) is 9.17. The van der Waals surface area contributed by atoms with E-state index in [9.17, 15) is 0 Å². The number of hydrogen-bond donors (Lipinski definition) is 0. The first-order chi connectivity index (χ1) is 17.2. The summed E-state index contributed by atoms with van der Waals surface area (Å²) in [5, 5.41) is 12.5. The van der Waals surface area contributed by atoms with E-state index in [4.69, 9.17) is 14.4 Å². The van der Waals surface area contributed by atoms with Crippen LogP contribution in [0.25, 0.3) is 22.2 Å². The summed E-state index contributed by atoms with van der Waals surface area (Å²) in [6.07, 6.45) is 0.491. The zero-order valence-corrected chi connectivity index (χ0v) is 19.3. The summed E-state index contributed by atoms with van der Waals surface area (Å²) in [6.45, 7) is 2.11. The molecule has 0 amide bonds. The highest BCUT2D eigenvalue weighted by molar-refractivity contribution is 6.02. The number of para-hydroxylation sites is 1. The summed E-state index contributed by atoms with van der Waals surface area (Å²) < 4.78 is 12.3. The van der Waals surface area contributed by atoms with Crippen molar-refractivity contribution in [1.82, 2.24) is 10.2 Å². The van der Waals surface area contributed by atoms with Crippen molar-refractivity contribution in [2.45, 2.75) is 25.6 Å².